The summed E-state index contributed by atoms with van der Waals surface area (Å²) in [5.74, 6) is -2.76. The minimum atomic E-state index is -3.20. The van der Waals surface area contributed by atoms with Crippen LogP contribution in [0.25, 0.3) is 0 Å². The van der Waals surface area contributed by atoms with Gasteiger partial charge in [0.2, 0.25) is 0 Å². The van der Waals surface area contributed by atoms with Crippen LogP contribution < -0.4 is 15.8 Å². The van der Waals surface area contributed by atoms with E-state index in [0.29, 0.717) is 0 Å². The van der Waals surface area contributed by atoms with Crippen molar-refractivity contribution in [2.75, 3.05) is 6.61 Å². The lowest BCUT2D eigenvalue weighted by Gasteiger charge is -2.27. The average molecular weight is 416 g/mol. The van der Waals surface area contributed by atoms with Gasteiger partial charge in [-0.3, -0.25) is 18.9 Å². The number of H-pyrrole nitrogens is 1. The molecule has 1 fully saturated rings. The number of aromatic amines is 1. The molecule has 1 aromatic heterocycles. The van der Waals surface area contributed by atoms with Crippen molar-refractivity contribution in [1.29, 1.82) is 0 Å². The molecule has 1 aliphatic rings. The summed E-state index contributed by atoms with van der Waals surface area (Å²) in [6.45, 7) is 0.00822. The van der Waals surface area contributed by atoms with Crippen molar-refractivity contribution in [3.05, 3.63) is 63.4 Å². The molecule has 1 aliphatic heterocycles. The summed E-state index contributed by atoms with van der Waals surface area (Å²) in [5, 5.41) is 20.7. The second kappa shape index (κ2) is 7.61. The number of hydrogen-bond donors (Lipinski definition) is 3. The van der Waals surface area contributed by atoms with E-state index in [1.165, 1.54) is 12.1 Å². The summed E-state index contributed by atoms with van der Waals surface area (Å²) >= 11 is 0. The van der Waals surface area contributed by atoms with Crippen molar-refractivity contribution < 1.29 is 33.0 Å². The van der Waals surface area contributed by atoms with E-state index >= 15 is 4.39 Å². The highest BCUT2D eigenvalue weighted by Crippen LogP contribution is 2.45. The Bertz CT molecular complexity index is 978. The predicted octanol–water partition coefficient (Wildman–Crippen LogP) is 0.328. The zero-order chi connectivity index (χ0) is 20.5. The van der Waals surface area contributed by atoms with Crippen LogP contribution in [0.3, 0.4) is 0 Å². The first kappa shape index (κ1) is 20.4. The van der Waals surface area contributed by atoms with Crippen molar-refractivity contribution in [2.24, 2.45) is 0 Å². The third-order valence-electron chi connectivity index (χ3n) is 4.20. The third kappa shape index (κ3) is 3.94. The average Bonchev–Trinajstić information content (AvgIpc) is 2.82. The van der Waals surface area contributed by atoms with E-state index in [9.17, 15) is 24.4 Å². The maximum absolute atomic E-state index is 15.1. The Morgan fingerprint density at radius 2 is 2.00 bits per heavy atom. The van der Waals surface area contributed by atoms with Crippen molar-refractivity contribution in [2.45, 2.75) is 30.7 Å². The first-order chi connectivity index (χ1) is 13.1. The van der Waals surface area contributed by atoms with E-state index in [0.717, 1.165) is 23.8 Å². The molecule has 1 aromatic carbocycles. The molecule has 0 radical (unpaired) electrons. The summed E-state index contributed by atoms with van der Waals surface area (Å²) in [6, 6.07) is 8.98. The van der Waals surface area contributed by atoms with Gasteiger partial charge in [0.1, 0.15) is 24.1 Å². The first-order valence-electron chi connectivity index (χ1n) is 8.12. The van der Waals surface area contributed by atoms with Crippen molar-refractivity contribution in [3.8, 4) is 5.75 Å². The smallest absolute Gasteiger partial charge is 0.368 e. The number of rotatable bonds is 6. The number of aliphatic hydroxyl groups excluding tert-OH is 1. The Balaban J connectivity index is 1.75. The van der Waals surface area contributed by atoms with Gasteiger partial charge in [0.25, 0.3) is 11.4 Å². The van der Waals surface area contributed by atoms with Gasteiger partial charge < -0.3 is 19.5 Å². The van der Waals surface area contributed by atoms with Gasteiger partial charge in [-0.2, -0.15) is 0 Å². The number of hydrogen-bond acceptors (Lipinski definition) is 8. The molecule has 2 heterocycles. The monoisotopic (exact) mass is 416 g/mol. The van der Waals surface area contributed by atoms with E-state index in [4.69, 9.17) is 13.8 Å². The quantitative estimate of drug-likeness (QED) is 0.573. The maximum Gasteiger partial charge on any atom is 0.368 e. The number of ether oxygens (including phenoxy) is 1. The zero-order valence-corrected chi connectivity index (χ0v) is 15.6. The number of benzene rings is 1. The fourth-order valence-electron chi connectivity index (χ4n) is 2.78. The third-order valence-corrected chi connectivity index (χ3v) is 4.99. The van der Waals surface area contributed by atoms with Gasteiger partial charge in [0, 0.05) is 12.3 Å². The van der Waals surface area contributed by atoms with Crippen LogP contribution in [0, 0.1) is 0 Å². The molecule has 28 heavy (non-hydrogen) atoms. The molecular weight excluding hydrogens is 398 g/mol. The molecule has 0 bridgehead atoms. The number of nitrogens with zero attached hydrogens (tertiary/aromatic N) is 1. The standard InChI is InChI=1S/C16H18FN2O8P/c1-15(23)12(21)16(17,9-25-28(24)27-10-5-3-2-4-6-10)26-13(15)19-8-7-11(20)18-14(19)22/h2-8,12-13,21,23,28H,9H2,1H3,(H,18,20,22)/t12-,13+,15+,16+/m0/s1. The largest absolute Gasteiger partial charge is 0.426 e. The fourth-order valence-corrected chi connectivity index (χ4v) is 3.48. The van der Waals surface area contributed by atoms with E-state index in [2.05, 4.69) is 0 Å². The van der Waals surface area contributed by atoms with Gasteiger partial charge in [-0.1, -0.05) is 18.2 Å². The number of aliphatic hydroxyl groups is 2. The van der Waals surface area contributed by atoms with Crippen molar-refractivity contribution >= 4 is 8.25 Å². The predicted molar refractivity (Wildman–Crippen MR) is 93.9 cm³/mol. The Labute approximate surface area is 158 Å². The SMILES string of the molecule is C[C@]1(O)[C@H](n2ccc(=O)[nH]c2=O)O[C@](F)(CO[PH](=O)Oc2ccccc2)[C@H]1O. The summed E-state index contributed by atoms with van der Waals surface area (Å²) in [5.41, 5.74) is -3.95. The molecule has 10 nitrogen and oxygen atoms in total. The molecule has 1 unspecified atom stereocenters. The van der Waals surface area contributed by atoms with Gasteiger partial charge in [0.05, 0.1) is 0 Å². The lowest BCUT2D eigenvalue weighted by atomic mass is 9.95. The minimum Gasteiger partial charge on any atom is -0.426 e. The maximum atomic E-state index is 15.1. The first-order valence-corrected chi connectivity index (χ1v) is 9.34. The number of alkyl halides is 1. The van der Waals surface area contributed by atoms with Crippen LogP contribution in [0.5, 0.6) is 5.75 Å². The van der Waals surface area contributed by atoms with Crippen LogP contribution in [-0.2, 0) is 13.8 Å². The highest BCUT2D eigenvalue weighted by atomic mass is 31.1. The summed E-state index contributed by atoms with van der Waals surface area (Å²) in [7, 11) is -3.20. The summed E-state index contributed by atoms with van der Waals surface area (Å²) in [6.07, 6.45) is -2.85. The Kier molecular flexibility index (Phi) is 5.55. The van der Waals surface area contributed by atoms with Crippen LogP contribution in [0.1, 0.15) is 13.2 Å². The minimum absolute atomic E-state index is 0.233. The van der Waals surface area contributed by atoms with Gasteiger partial charge in [0.15, 0.2) is 6.23 Å². The molecule has 12 heteroatoms. The lowest BCUT2D eigenvalue weighted by molar-refractivity contribution is -0.203. The molecule has 0 aliphatic carbocycles. The Morgan fingerprint density at radius 3 is 2.64 bits per heavy atom. The Morgan fingerprint density at radius 1 is 1.32 bits per heavy atom. The van der Waals surface area contributed by atoms with E-state index in [-0.39, 0.29) is 5.75 Å². The molecule has 0 saturated carbocycles. The number of para-hydroxylation sites is 1. The Hall–Kier alpha value is -2.30. The lowest BCUT2D eigenvalue weighted by Crippen LogP contribution is -2.49. The van der Waals surface area contributed by atoms with Crippen molar-refractivity contribution in [1.82, 2.24) is 9.55 Å². The van der Waals surface area contributed by atoms with Crippen molar-refractivity contribution in [3.63, 3.8) is 0 Å². The van der Waals surface area contributed by atoms with Gasteiger partial charge in [-0.15, -0.1) is 0 Å². The number of halogens is 1. The van der Waals surface area contributed by atoms with Gasteiger partial charge >= 0.3 is 13.9 Å². The van der Waals surface area contributed by atoms with Crippen LogP contribution in [0.15, 0.2) is 52.2 Å². The molecule has 3 rings (SSSR count). The highest BCUT2D eigenvalue weighted by Gasteiger charge is 2.63. The molecule has 0 spiro atoms. The van der Waals surface area contributed by atoms with E-state index in [1.54, 1.807) is 18.2 Å². The highest BCUT2D eigenvalue weighted by molar-refractivity contribution is 7.33. The normalized spacial score (nSPS) is 30.9. The second-order valence-electron chi connectivity index (χ2n) is 6.36. The topological polar surface area (TPSA) is 140 Å². The van der Waals surface area contributed by atoms with E-state index < -0.39 is 49.9 Å². The summed E-state index contributed by atoms with van der Waals surface area (Å²) in [4.78, 5) is 25.0. The molecule has 5 atom stereocenters. The fraction of sp³-hybridized carbons (Fsp3) is 0.375. The van der Waals surface area contributed by atoms with Crippen LogP contribution in [0.2, 0.25) is 0 Å². The summed E-state index contributed by atoms with van der Waals surface area (Å²) < 4.78 is 42.7. The zero-order valence-electron chi connectivity index (χ0n) is 14.6. The van der Waals surface area contributed by atoms with Gasteiger partial charge in [-0.25, -0.2) is 13.8 Å². The molecule has 1 saturated heterocycles. The molecule has 2 aromatic rings. The van der Waals surface area contributed by atoms with Gasteiger partial charge in [-0.05, 0) is 19.1 Å². The van der Waals surface area contributed by atoms with Crippen LogP contribution in [-0.4, -0.2) is 43.9 Å². The number of aromatic nitrogens is 2. The number of nitrogens with one attached hydrogen (secondary N) is 1. The molecule has 3 N–H and O–H groups in total. The van der Waals surface area contributed by atoms with Crippen LogP contribution >= 0.6 is 8.25 Å². The second-order valence-corrected chi connectivity index (χ2v) is 7.35. The molecule has 0 amide bonds. The molecular formula is C16H18FN2O8P. The van der Waals surface area contributed by atoms with Crippen LogP contribution in [0.4, 0.5) is 4.39 Å². The van der Waals surface area contributed by atoms with E-state index in [1.807, 2.05) is 4.98 Å². The molecule has 152 valence electrons.